The number of aromatic amines is 1. The summed E-state index contributed by atoms with van der Waals surface area (Å²) in [6.07, 6.45) is 4.21. The number of aromatic nitrogens is 1. The quantitative estimate of drug-likeness (QED) is 0.131. The SMILES string of the molecule is COc1cc2c(cc1OC)-c1[nH]c3ccc(OCCN(C)C)cc3c1C2=NOCc1ccc(C=Cc2ccccc2)cc1. The molecule has 1 aliphatic rings. The van der Waals surface area contributed by atoms with Gasteiger partial charge in [0.05, 0.1) is 19.9 Å². The maximum atomic E-state index is 6.06. The lowest BCUT2D eigenvalue weighted by Crippen LogP contribution is -2.19. The van der Waals surface area contributed by atoms with Crippen LogP contribution < -0.4 is 14.2 Å². The van der Waals surface area contributed by atoms with E-state index in [1.54, 1.807) is 14.2 Å². The van der Waals surface area contributed by atoms with Gasteiger partial charge >= 0.3 is 0 Å². The Morgan fingerprint density at radius 2 is 1.49 bits per heavy atom. The van der Waals surface area contributed by atoms with Gasteiger partial charge in [-0.05, 0) is 61.1 Å². The second kappa shape index (κ2) is 12.5. The molecule has 43 heavy (non-hydrogen) atoms. The molecule has 1 heterocycles. The highest BCUT2D eigenvalue weighted by atomic mass is 16.6. The molecule has 7 heteroatoms. The zero-order chi connectivity index (χ0) is 29.8. The van der Waals surface area contributed by atoms with Gasteiger partial charge in [0, 0.05) is 34.1 Å². The molecule has 6 rings (SSSR count). The van der Waals surface area contributed by atoms with Gasteiger partial charge in [-0.3, -0.25) is 0 Å². The van der Waals surface area contributed by atoms with E-state index in [1.807, 2.05) is 56.6 Å². The molecule has 0 unspecified atom stereocenters. The zero-order valence-electron chi connectivity index (χ0n) is 24.9. The molecular weight excluding hydrogens is 538 g/mol. The van der Waals surface area contributed by atoms with Crippen LogP contribution in [0.25, 0.3) is 34.3 Å². The number of oxime groups is 1. The van der Waals surface area contributed by atoms with E-state index in [0.29, 0.717) is 24.7 Å². The van der Waals surface area contributed by atoms with Crippen molar-refractivity contribution in [3.63, 3.8) is 0 Å². The van der Waals surface area contributed by atoms with Gasteiger partial charge in [-0.1, -0.05) is 71.9 Å². The third kappa shape index (κ3) is 5.98. The number of rotatable bonds is 11. The van der Waals surface area contributed by atoms with Gasteiger partial charge in [0.1, 0.15) is 24.7 Å². The molecular formula is C36H35N3O4. The molecule has 0 radical (unpaired) electrons. The van der Waals surface area contributed by atoms with E-state index < -0.39 is 0 Å². The smallest absolute Gasteiger partial charge is 0.161 e. The van der Waals surface area contributed by atoms with Crippen LogP contribution in [0.1, 0.15) is 27.8 Å². The normalized spacial score (nSPS) is 13.1. The van der Waals surface area contributed by atoms with E-state index >= 15 is 0 Å². The van der Waals surface area contributed by atoms with E-state index in [2.05, 4.69) is 64.5 Å². The first-order chi connectivity index (χ1) is 21.0. The van der Waals surface area contributed by atoms with Gasteiger partial charge in [0.15, 0.2) is 11.5 Å². The molecule has 0 aliphatic heterocycles. The number of nitrogens with zero attached hydrogens (tertiary/aromatic N) is 2. The van der Waals surface area contributed by atoms with E-state index in [9.17, 15) is 0 Å². The van der Waals surface area contributed by atoms with Crippen molar-refractivity contribution < 1.29 is 19.0 Å². The lowest BCUT2D eigenvalue weighted by molar-refractivity contribution is 0.131. The summed E-state index contributed by atoms with van der Waals surface area (Å²) < 4.78 is 17.3. The summed E-state index contributed by atoms with van der Waals surface area (Å²) in [5.74, 6) is 2.10. The molecule has 0 atom stereocenters. The third-order valence-electron chi connectivity index (χ3n) is 7.50. The largest absolute Gasteiger partial charge is 0.493 e. The Morgan fingerprint density at radius 3 is 2.19 bits per heavy atom. The Morgan fingerprint density at radius 1 is 0.791 bits per heavy atom. The van der Waals surface area contributed by atoms with Gasteiger partial charge in [0.2, 0.25) is 0 Å². The summed E-state index contributed by atoms with van der Waals surface area (Å²) in [5.41, 5.74) is 8.90. The van der Waals surface area contributed by atoms with Gasteiger partial charge in [-0.25, -0.2) is 0 Å². The molecule has 1 aromatic heterocycles. The summed E-state index contributed by atoms with van der Waals surface area (Å²) in [6.45, 7) is 1.77. The molecule has 218 valence electrons. The minimum atomic E-state index is 0.339. The highest BCUT2D eigenvalue weighted by molar-refractivity contribution is 6.30. The third-order valence-corrected chi connectivity index (χ3v) is 7.50. The average molecular weight is 574 g/mol. The molecule has 0 bridgehead atoms. The van der Waals surface area contributed by atoms with E-state index in [-0.39, 0.29) is 0 Å². The maximum absolute atomic E-state index is 6.06. The molecule has 7 nitrogen and oxygen atoms in total. The fourth-order valence-corrected chi connectivity index (χ4v) is 5.22. The zero-order valence-corrected chi connectivity index (χ0v) is 24.9. The molecule has 0 fully saturated rings. The van der Waals surface area contributed by atoms with Crippen molar-refractivity contribution in [2.45, 2.75) is 6.61 Å². The van der Waals surface area contributed by atoms with Gasteiger partial charge < -0.3 is 28.9 Å². The van der Waals surface area contributed by atoms with Crippen molar-refractivity contribution in [1.29, 1.82) is 0 Å². The first-order valence-electron chi connectivity index (χ1n) is 14.3. The van der Waals surface area contributed by atoms with Crippen LogP contribution in [0, 0.1) is 0 Å². The van der Waals surface area contributed by atoms with Crippen molar-refractivity contribution in [1.82, 2.24) is 9.88 Å². The Balaban J connectivity index is 1.29. The second-order valence-corrected chi connectivity index (χ2v) is 10.7. The van der Waals surface area contributed by atoms with E-state index in [4.69, 9.17) is 24.2 Å². The number of benzene rings is 4. The van der Waals surface area contributed by atoms with Crippen LogP contribution in [0.4, 0.5) is 0 Å². The highest BCUT2D eigenvalue weighted by Gasteiger charge is 2.32. The van der Waals surface area contributed by atoms with Gasteiger partial charge in [-0.15, -0.1) is 0 Å². The van der Waals surface area contributed by atoms with Crippen LogP contribution in [0.15, 0.2) is 90.1 Å². The first-order valence-corrected chi connectivity index (χ1v) is 14.3. The lowest BCUT2D eigenvalue weighted by Gasteiger charge is -2.12. The van der Waals surface area contributed by atoms with Crippen LogP contribution in [0.3, 0.4) is 0 Å². The predicted molar refractivity (Wildman–Crippen MR) is 173 cm³/mol. The fourth-order valence-electron chi connectivity index (χ4n) is 5.22. The number of H-pyrrole nitrogens is 1. The van der Waals surface area contributed by atoms with E-state index in [0.717, 1.165) is 62.4 Å². The first kappa shape index (κ1) is 28.1. The van der Waals surface area contributed by atoms with Crippen LogP contribution >= 0.6 is 0 Å². The standard InChI is InChI=1S/C36H35N3O4/c1-39(2)18-19-42-27-16-17-31-30(20-27)34-35(37-31)28-21-32(40-3)33(41-4)22-29(28)36(34)38-43-23-26-14-12-25(13-15-26)11-10-24-8-6-5-7-9-24/h5-17,20-22,37H,18-19,23H2,1-4H3. The molecule has 0 saturated carbocycles. The number of nitrogens with one attached hydrogen (secondary N) is 1. The van der Waals surface area contributed by atoms with Crippen molar-refractivity contribution in [3.8, 4) is 28.5 Å². The molecule has 5 aromatic rings. The van der Waals surface area contributed by atoms with Crippen molar-refractivity contribution >= 4 is 28.8 Å². The minimum Gasteiger partial charge on any atom is -0.493 e. The fraction of sp³-hybridized carbons (Fsp3) is 0.194. The van der Waals surface area contributed by atoms with E-state index in [1.165, 1.54) is 5.56 Å². The Bertz CT molecular complexity index is 1790. The minimum absolute atomic E-state index is 0.339. The number of hydrogen-bond acceptors (Lipinski definition) is 6. The number of likely N-dealkylation sites (N-methyl/N-ethyl adjacent to an activating group) is 1. The van der Waals surface area contributed by atoms with Crippen molar-refractivity contribution in [2.75, 3.05) is 41.5 Å². The van der Waals surface area contributed by atoms with Crippen LogP contribution in [0.5, 0.6) is 17.2 Å². The maximum Gasteiger partial charge on any atom is 0.161 e. The van der Waals surface area contributed by atoms with Gasteiger partial charge in [0.25, 0.3) is 0 Å². The average Bonchev–Trinajstić information content (AvgIpc) is 3.54. The summed E-state index contributed by atoms with van der Waals surface area (Å²) in [5, 5.41) is 5.72. The monoisotopic (exact) mass is 573 g/mol. The second-order valence-electron chi connectivity index (χ2n) is 10.7. The Hall–Kier alpha value is -5.01. The summed E-state index contributed by atoms with van der Waals surface area (Å²) in [4.78, 5) is 11.7. The molecule has 0 spiro atoms. The van der Waals surface area contributed by atoms with Crippen LogP contribution in [-0.2, 0) is 11.4 Å². The van der Waals surface area contributed by atoms with Crippen molar-refractivity contribution in [3.05, 3.63) is 113 Å². The van der Waals surface area contributed by atoms with Crippen LogP contribution in [0.2, 0.25) is 0 Å². The predicted octanol–water partition coefficient (Wildman–Crippen LogP) is 7.25. The number of ether oxygens (including phenoxy) is 3. The molecule has 1 aliphatic carbocycles. The molecule has 4 aromatic carbocycles. The number of methoxy groups -OCH3 is 2. The molecule has 0 saturated heterocycles. The summed E-state index contributed by atoms with van der Waals surface area (Å²) in [7, 11) is 7.35. The molecule has 1 N–H and O–H groups in total. The van der Waals surface area contributed by atoms with Crippen LogP contribution in [-0.4, -0.2) is 57.1 Å². The Kier molecular flexibility index (Phi) is 8.16. The molecule has 0 amide bonds. The van der Waals surface area contributed by atoms with Crippen molar-refractivity contribution in [2.24, 2.45) is 5.16 Å². The topological polar surface area (TPSA) is 68.3 Å². The number of hydrogen-bond donors (Lipinski definition) is 1. The summed E-state index contributed by atoms with van der Waals surface area (Å²) in [6, 6.07) is 28.6. The lowest BCUT2D eigenvalue weighted by atomic mass is 10.1. The number of fused-ring (bicyclic) bond motifs is 5. The Labute approximate surface area is 252 Å². The van der Waals surface area contributed by atoms with Gasteiger partial charge in [-0.2, -0.15) is 0 Å². The summed E-state index contributed by atoms with van der Waals surface area (Å²) >= 11 is 0. The highest BCUT2D eigenvalue weighted by Crippen LogP contribution is 2.46.